The van der Waals surface area contributed by atoms with Crippen molar-refractivity contribution in [3.63, 3.8) is 0 Å². The molecule has 0 aromatic heterocycles. The van der Waals surface area contributed by atoms with E-state index in [1.165, 1.54) is 7.11 Å². The van der Waals surface area contributed by atoms with Crippen LogP contribution in [0.3, 0.4) is 0 Å². The van der Waals surface area contributed by atoms with Gasteiger partial charge in [0.25, 0.3) is 0 Å². The minimum atomic E-state index is 0.415. The Kier molecular flexibility index (Phi) is 3.67. The Balaban J connectivity index is 3.08. The highest BCUT2D eigenvalue weighted by atomic mass is 16.6. The van der Waals surface area contributed by atoms with E-state index in [0.29, 0.717) is 11.4 Å². The lowest BCUT2D eigenvalue weighted by molar-refractivity contribution is 0.214. The van der Waals surface area contributed by atoms with Gasteiger partial charge in [0.1, 0.15) is 18.5 Å². The molecule has 4 heteroatoms. The van der Waals surface area contributed by atoms with Crippen molar-refractivity contribution in [1.29, 1.82) is 0 Å². The van der Waals surface area contributed by atoms with E-state index in [1.807, 2.05) is 30.3 Å². The van der Waals surface area contributed by atoms with Gasteiger partial charge in [0.05, 0.1) is 0 Å². The van der Waals surface area contributed by atoms with Gasteiger partial charge in [-0.05, 0) is 6.92 Å². The molecular weight excluding hydrogens is 180 g/mol. The zero-order valence-corrected chi connectivity index (χ0v) is 8.14. The molecule has 0 radical (unpaired) electrons. The van der Waals surface area contributed by atoms with Crippen LogP contribution in [0.5, 0.6) is 0 Å². The van der Waals surface area contributed by atoms with Crippen molar-refractivity contribution in [3.8, 4) is 0 Å². The van der Waals surface area contributed by atoms with E-state index < -0.39 is 0 Å². The van der Waals surface area contributed by atoms with Gasteiger partial charge < -0.3 is 10.0 Å². The number of rotatable bonds is 3. The van der Waals surface area contributed by atoms with Gasteiger partial charge >= 0.3 is 0 Å². The highest BCUT2D eigenvalue weighted by molar-refractivity contribution is 6.47. The highest BCUT2D eigenvalue weighted by Gasteiger charge is 2.07. The van der Waals surface area contributed by atoms with Gasteiger partial charge in [0.15, 0.2) is 0 Å². The summed E-state index contributed by atoms with van der Waals surface area (Å²) in [5, 5.41) is 15.5. The van der Waals surface area contributed by atoms with Crippen LogP contribution < -0.4 is 0 Å². The normalized spacial score (nSPS) is 12.7. The molecule has 0 saturated carbocycles. The SMILES string of the molecule is CO/N=C(/C(C)=N/O)c1ccccc1. The largest absolute Gasteiger partial charge is 0.411 e. The fourth-order valence-corrected chi connectivity index (χ4v) is 1.06. The number of benzene rings is 1. The van der Waals surface area contributed by atoms with Crippen LogP contribution in [0.25, 0.3) is 0 Å². The molecule has 0 aliphatic heterocycles. The molecule has 1 N–H and O–H groups in total. The van der Waals surface area contributed by atoms with Crippen molar-refractivity contribution >= 4 is 11.4 Å². The van der Waals surface area contributed by atoms with Crippen molar-refractivity contribution < 1.29 is 10.0 Å². The molecule has 0 amide bonds. The first kappa shape index (κ1) is 10.2. The highest BCUT2D eigenvalue weighted by Crippen LogP contribution is 2.03. The molecule has 14 heavy (non-hydrogen) atoms. The molecule has 0 unspecified atom stereocenters. The first-order chi connectivity index (χ1) is 6.79. The first-order valence-corrected chi connectivity index (χ1v) is 4.15. The van der Waals surface area contributed by atoms with Crippen LogP contribution in [0.15, 0.2) is 40.6 Å². The van der Waals surface area contributed by atoms with Gasteiger partial charge in [0.2, 0.25) is 0 Å². The average Bonchev–Trinajstić information content (AvgIpc) is 2.26. The van der Waals surface area contributed by atoms with Crippen molar-refractivity contribution in [2.75, 3.05) is 7.11 Å². The average molecular weight is 192 g/mol. The molecule has 1 rings (SSSR count). The van der Waals surface area contributed by atoms with Crippen LogP contribution in [0.2, 0.25) is 0 Å². The minimum absolute atomic E-state index is 0.415. The Morgan fingerprint density at radius 2 is 1.93 bits per heavy atom. The third kappa shape index (κ3) is 2.32. The maximum absolute atomic E-state index is 8.64. The molecule has 0 saturated heterocycles. The molecule has 0 bridgehead atoms. The van der Waals surface area contributed by atoms with Crippen LogP contribution in [-0.2, 0) is 4.84 Å². The van der Waals surface area contributed by atoms with Gasteiger partial charge in [0, 0.05) is 5.56 Å². The van der Waals surface area contributed by atoms with Gasteiger partial charge in [-0.15, -0.1) is 0 Å². The molecule has 0 spiro atoms. The third-order valence-corrected chi connectivity index (χ3v) is 1.72. The lowest BCUT2D eigenvalue weighted by atomic mass is 10.1. The van der Waals surface area contributed by atoms with Crippen molar-refractivity contribution in [2.45, 2.75) is 6.92 Å². The van der Waals surface area contributed by atoms with Gasteiger partial charge in [-0.25, -0.2) is 0 Å². The summed E-state index contributed by atoms with van der Waals surface area (Å²) in [6.07, 6.45) is 0. The second-order valence-corrected chi connectivity index (χ2v) is 2.67. The molecule has 0 fully saturated rings. The fraction of sp³-hybridized carbons (Fsp3) is 0.200. The number of nitrogens with zero attached hydrogens (tertiary/aromatic N) is 2. The predicted octanol–water partition coefficient (Wildman–Crippen LogP) is 1.89. The minimum Gasteiger partial charge on any atom is -0.411 e. The maximum atomic E-state index is 8.64. The molecule has 0 heterocycles. The van der Waals surface area contributed by atoms with Crippen molar-refractivity contribution in [2.24, 2.45) is 10.3 Å². The van der Waals surface area contributed by atoms with E-state index >= 15 is 0 Å². The second kappa shape index (κ2) is 5.01. The monoisotopic (exact) mass is 192 g/mol. The molecule has 1 aromatic carbocycles. The third-order valence-electron chi connectivity index (χ3n) is 1.72. The zero-order valence-electron chi connectivity index (χ0n) is 8.14. The summed E-state index contributed by atoms with van der Waals surface area (Å²) in [6, 6.07) is 9.40. The lowest BCUT2D eigenvalue weighted by Gasteiger charge is -2.02. The van der Waals surface area contributed by atoms with E-state index in [-0.39, 0.29) is 0 Å². The summed E-state index contributed by atoms with van der Waals surface area (Å²) in [4.78, 5) is 4.68. The topological polar surface area (TPSA) is 54.2 Å². The molecule has 74 valence electrons. The molecule has 1 aromatic rings. The van der Waals surface area contributed by atoms with Crippen LogP contribution in [0.1, 0.15) is 12.5 Å². The second-order valence-electron chi connectivity index (χ2n) is 2.67. The molecule has 4 nitrogen and oxygen atoms in total. The maximum Gasteiger partial charge on any atom is 0.134 e. The van der Waals surface area contributed by atoms with Crippen LogP contribution in [0.4, 0.5) is 0 Å². The smallest absolute Gasteiger partial charge is 0.134 e. The molecule has 0 atom stereocenters. The summed E-state index contributed by atoms with van der Waals surface area (Å²) in [7, 11) is 1.45. The van der Waals surface area contributed by atoms with Crippen molar-refractivity contribution in [3.05, 3.63) is 35.9 Å². The fourth-order valence-electron chi connectivity index (χ4n) is 1.06. The van der Waals surface area contributed by atoms with E-state index in [1.54, 1.807) is 6.92 Å². The van der Waals surface area contributed by atoms with Crippen LogP contribution in [0, 0.1) is 0 Å². The van der Waals surface area contributed by atoms with Gasteiger partial charge in [-0.2, -0.15) is 0 Å². The van der Waals surface area contributed by atoms with E-state index in [0.717, 1.165) is 5.56 Å². The number of oxime groups is 2. The molecule has 0 aliphatic rings. The van der Waals surface area contributed by atoms with Gasteiger partial charge in [-0.1, -0.05) is 40.6 Å². The Hall–Kier alpha value is -1.84. The summed E-state index contributed by atoms with van der Waals surface area (Å²) >= 11 is 0. The quantitative estimate of drug-likeness (QED) is 0.451. The Morgan fingerprint density at radius 1 is 1.29 bits per heavy atom. The van der Waals surface area contributed by atoms with Crippen LogP contribution >= 0.6 is 0 Å². The Labute approximate surface area is 82.5 Å². The Morgan fingerprint density at radius 3 is 2.43 bits per heavy atom. The first-order valence-electron chi connectivity index (χ1n) is 4.15. The standard InChI is InChI=1S/C10H12N2O2/c1-8(11-13)10(12-14-2)9-6-4-3-5-7-9/h3-7,13H,1-2H3/b11-8+,12-10-. The predicted molar refractivity (Wildman–Crippen MR) is 54.9 cm³/mol. The summed E-state index contributed by atoms with van der Waals surface area (Å²) in [6.45, 7) is 1.66. The molecular formula is C10H12N2O2. The zero-order chi connectivity index (χ0) is 10.4. The van der Waals surface area contributed by atoms with Gasteiger partial charge in [-0.3, -0.25) is 0 Å². The summed E-state index contributed by atoms with van der Waals surface area (Å²) < 4.78 is 0. The summed E-state index contributed by atoms with van der Waals surface area (Å²) in [5.41, 5.74) is 1.79. The van der Waals surface area contributed by atoms with Crippen molar-refractivity contribution in [1.82, 2.24) is 0 Å². The van der Waals surface area contributed by atoms with E-state index in [9.17, 15) is 0 Å². The number of hydrogen-bond donors (Lipinski definition) is 1. The Bertz CT molecular complexity index is 344. The molecule has 0 aliphatic carbocycles. The van der Waals surface area contributed by atoms with E-state index in [2.05, 4.69) is 15.1 Å². The van der Waals surface area contributed by atoms with Crippen LogP contribution in [-0.4, -0.2) is 23.7 Å². The lowest BCUT2D eigenvalue weighted by Crippen LogP contribution is -2.12. The number of hydrogen-bond acceptors (Lipinski definition) is 4. The van der Waals surface area contributed by atoms with E-state index in [4.69, 9.17) is 5.21 Å². The summed E-state index contributed by atoms with van der Waals surface area (Å²) in [5.74, 6) is 0.